The van der Waals surface area contributed by atoms with Crippen molar-refractivity contribution in [3.05, 3.63) is 41.2 Å². The largest absolute Gasteiger partial charge is 0.485 e. The van der Waals surface area contributed by atoms with Gasteiger partial charge in [-0.25, -0.2) is 14.4 Å². The normalized spacial score (nSPS) is 11.6. The number of hydrogen-bond donors (Lipinski definition) is 0. The number of aromatic nitrogens is 2. The Balaban J connectivity index is 2.56. The van der Waals surface area contributed by atoms with E-state index in [1.54, 1.807) is 6.07 Å². The number of nitrogens with zero attached hydrogens (tertiary/aromatic N) is 2. The van der Waals surface area contributed by atoms with Crippen LogP contribution >= 0.6 is 0 Å². The van der Waals surface area contributed by atoms with E-state index >= 15 is 0 Å². The molecule has 0 unspecified atom stereocenters. The van der Waals surface area contributed by atoms with Crippen molar-refractivity contribution < 1.29 is 9.13 Å². The molecule has 0 saturated heterocycles. The van der Waals surface area contributed by atoms with Crippen LogP contribution in [0.3, 0.4) is 0 Å². The average Bonchev–Trinajstić information content (AvgIpc) is 2.33. The predicted octanol–water partition coefficient (Wildman–Crippen LogP) is 4.39. The van der Waals surface area contributed by atoms with E-state index < -0.39 is 5.60 Å². The van der Waals surface area contributed by atoms with Crippen molar-refractivity contribution in [2.24, 2.45) is 0 Å². The van der Waals surface area contributed by atoms with Gasteiger partial charge in [0, 0.05) is 17.0 Å². The molecule has 0 aliphatic heterocycles. The van der Waals surface area contributed by atoms with Crippen LogP contribution in [0, 0.1) is 26.6 Å². The fourth-order valence-corrected chi connectivity index (χ4v) is 2.32. The minimum atomic E-state index is -0.434. The lowest BCUT2D eigenvalue weighted by Crippen LogP contribution is -2.23. The van der Waals surface area contributed by atoms with Crippen LogP contribution in [0.15, 0.2) is 18.5 Å². The van der Waals surface area contributed by atoms with Crippen molar-refractivity contribution >= 4 is 0 Å². The molecule has 0 fully saturated rings. The lowest BCUT2D eigenvalue weighted by molar-refractivity contribution is 0.124. The van der Waals surface area contributed by atoms with Crippen LogP contribution in [-0.4, -0.2) is 15.6 Å². The summed E-state index contributed by atoms with van der Waals surface area (Å²) >= 11 is 0. The fourth-order valence-electron chi connectivity index (χ4n) is 2.32. The van der Waals surface area contributed by atoms with Gasteiger partial charge in [0.15, 0.2) is 11.6 Å². The topological polar surface area (TPSA) is 35.0 Å². The summed E-state index contributed by atoms with van der Waals surface area (Å²) in [6.07, 6.45) is 1.52. The number of rotatable bonds is 2. The smallest absolute Gasteiger partial charge is 0.165 e. The molecular weight excluding hydrogens is 267 g/mol. The summed E-state index contributed by atoms with van der Waals surface area (Å²) < 4.78 is 20.0. The Hall–Kier alpha value is -1.97. The second-order valence-electron chi connectivity index (χ2n) is 6.23. The predicted molar refractivity (Wildman–Crippen MR) is 82.0 cm³/mol. The molecule has 1 aromatic carbocycles. The van der Waals surface area contributed by atoms with E-state index in [9.17, 15) is 4.39 Å². The fraction of sp³-hybridized carbons (Fsp3) is 0.412. The third-order valence-corrected chi connectivity index (χ3v) is 3.19. The molecule has 0 aliphatic rings. The van der Waals surface area contributed by atoms with Crippen molar-refractivity contribution in [1.82, 2.24) is 9.97 Å². The minimum absolute atomic E-state index is 0.274. The van der Waals surface area contributed by atoms with Gasteiger partial charge in [0.1, 0.15) is 11.9 Å². The highest BCUT2D eigenvalue weighted by Gasteiger charge is 2.18. The second-order valence-corrected chi connectivity index (χ2v) is 6.23. The standard InChI is InChI=1S/C17H21FN2O/c1-10-7-15(21-17(4,5)6)14(18)8-13(10)16-11(2)19-9-20-12(16)3/h7-9H,1-6H3. The Morgan fingerprint density at radius 1 is 1.00 bits per heavy atom. The highest BCUT2D eigenvalue weighted by molar-refractivity contribution is 5.72. The van der Waals surface area contributed by atoms with Crippen LogP contribution in [0.4, 0.5) is 4.39 Å². The molecule has 0 spiro atoms. The van der Waals surface area contributed by atoms with Crippen molar-refractivity contribution in [3.8, 4) is 16.9 Å². The van der Waals surface area contributed by atoms with Gasteiger partial charge in [0.25, 0.3) is 0 Å². The molecule has 4 heteroatoms. The van der Waals surface area contributed by atoms with Gasteiger partial charge in [-0.05, 0) is 64.8 Å². The SMILES string of the molecule is Cc1cc(OC(C)(C)C)c(F)cc1-c1c(C)ncnc1C. The summed E-state index contributed by atoms with van der Waals surface area (Å²) in [5.74, 6) is -0.0934. The molecule has 0 atom stereocenters. The lowest BCUT2D eigenvalue weighted by Gasteiger charge is -2.22. The molecule has 112 valence electrons. The first-order valence-corrected chi connectivity index (χ1v) is 6.97. The molecule has 2 rings (SSSR count). The first-order valence-electron chi connectivity index (χ1n) is 6.97. The quantitative estimate of drug-likeness (QED) is 0.822. The zero-order valence-corrected chi connectivity index (χ0v) is 13.4. The summed E-state index contributed by atoms with van der Waals surface area (Å²) in [6, 6.07) is 3.25. The van der Waals surface area contributed by atoms with Gasteiger partial charge in [0.05, 0.1) is 0 Å². The van der Waals surface area contributed by atoms with Crippen LogP contribution in [0.5, 0.6) is 5.75 Å². The molecule has 2 aromatic rings. The van der Waals surface area contributed by atoms with Crippen LogP contribution in [0.25, 0.3) is 11.1 Å². The van der Waals surface area contributed by atoms with Gasteiger partial charge in [-0.2, -0.15) is 0 Å². The second kappa shape index (κ2) is 5.43. The third-order valence-electron chi connectivity index (χ3n) is 3.19. The summed E-state index contributed by atoms with van der Waals surface area (Å²) in [4.78, 5) is 8.41. The molecule has 1 aromatic heterocycles. The van der Waals surface area contributed by atoms with Gasteiger partial charge in [-0.3, -0.25) is 0 Å². The summed E-state index contributed by atoms with van der Waals surface area (Å²) in [6.45, 7) is 11.4. The number of aryl methyl sites for hydroxylation is 3. The Labute approximate surface area is 125 Å². The van der Waals surface area contributed by atoms with Crippen LogP contribution in [-0.2, 0) is 0 Å². The molecule has 21 heavy (non-hydrogen) atoms. The third kappa shape index (κ3) is 3.38. The zero-order valence-electron chi connectivity index (χ0n) is 13.4. The van der Waals surface area contributed by atoms with Crippen molar-refractivity contribution in [3.63, 3.8) is 0 Å². The van der Waals surface area contributed by atoms with Crippen LogP contribution in [0.2, 0.25) is 0 Å². The number of ether oxygens (including phenoxy) is 1. The van der Waals surface area contributed by atoms with Crippen LogP contribution in [0.1, 0.15) is 37.7 Å². The molecule has 0 aliphatic carbocycles. The molecule has 0 saturated carbocycles. The lowest BCUT2D eigenvalue weighted by atomic mass is 9.97. The van der Waals surface area contributed by atoms with Crippen molar-refractivity contribution in [2.75, 3.05) is 0 Å². The first kappa shape index (κ1) is 15.4. The summed E-state index contributed by atoms with van der Waals surface area (Å²) in [5, 5.41) is 0. The van der Waals surface area contributed by atoms with Crippen LogP contribution < -0.4 is 4.74 Å². The maximum atomic E-state index is 14.3. The Morgan fingerprint density at radius 2 is 1.57 bits per heavy atom. The molecule has 0 bridgehead atoms. The van der Waals surface area contributed by atoms with E-state index in [1.807, 2.05) is 41.5 Å². The maximum Gasteiger partial charge on any atom is 0.165 e. The number of hydrogen-bond acceptors (Lipinski definition) is 3. The molecule has 0 N–H and O–H groups in total. The van der Waals surface area contributed by atoms with Crippen molar-refractivity contribution in [2.45, 2.75) is 47.1 Å². The Bertz CT molecular complexity index is 655. The highest BCUT2D eigenvalue weighted by Crippen LogP contribution is 2.33. The van der Waals surface area contributed by atoms with Gasteiger partial charge < -0.3 is 4.74 Å². The maximum absolute atomic E-state index is 14.3. The average molecular weight is 288 g/mol. The van der Waals surface area contributed by atoms with E-state index in [0.29, 0.717) is 0 Å². The van der Waals surface area contributed by atoms with E-state index in [4.69, 9.17) is 4.74 Å². The van der Waals surface area contributed by atoms with E-state index in [-0.39, 0.29) is 11.6 Å². The Kier molecular flexibility index (Phi) is 3.99. The van der Waals surface area contributed by atoms with Gasteiger partial charge in [-0.1, -0.05) is 0 Å². The Morgan fingerprint density at radius 3 is 2.10 bits per heavy atom. The minimum Gasteiger partial charge on any atom is -0.485 e. The van der Waals surface area contributed by atoms with E-state index in [2.05, 4.69) is 9.97 Å². The molecule has 0 amide bonds. The van der Waals surface area contributed by atoms with Gasteiger partial charge >= 0.3 is 0 Å². The molecule has 1 heterocycles. The number of halogens is 1. The monoisotopic (exact) mass is 288 g/mol. The molecule has 3 nitrogen and oxygen atoms in total. The van der Waals surface area contributed by atoms with Gasteiger partial charge in [-0.15, -0.1) is 0 Å². The highest BCUT2D eigenvalue weighted by atomic mass is 19.1. The van der Waals surface area contributed by atoms with E-state index in [1.165, 1.54) is 12.4 Å². The summed E-state index contributed by atoms with van der Waals surface area (Å²) in [5.41, 5.74) is 3.89. The van der Waals surface area contributed by atoms with E-state index in [0.717, 1.165) is 28.1 Å². The molecular formula is C17H21FN2O. The van der Waals surface area contributed by atoms with Gasteiger partial charge in [0.2, 0.25) is 0 Å². The van der Waals surface area contributed by atoms with Crippen molar-refractivity contribution in [1.29, 1.82) is 0 Å². The molecule has 0 radical (unpaired) electrons. The number of benzene rings is 1. The first-order chi connectivity index (χ1) is 9.69. The summed E-state index contributed by atoms with van der Waals surface area (Å²) in [7, 11) is 0. The zero-order chi connectivity index (χ0) is 15.8.